The number of carbonyl (C=O) groups is 2. The molecule has 1 unspecified atom stereocenters. The van der Waals surface area contributed by atoms with Crippen molar-refractivity contribution in [3.05, 3.63) is 35.9 Å². The molecule has 2 heterocycles. The summed E-state index contributed by atoms with van der Waals surface area (Å²) in [5.41, 5.74) is -0.343. The molecule has 0 aliphatic carbocycles. The molecule has 0 aromatic heterocycles. The number of benzene rings is 1. The molecule has 0 saturated carbocycles. The SMILES string of the molecule is CC(C)(C)OC(=O)N1CCN(C(=O)OCc2ccccc2)CC2(CNCCO2)C1. The second kappa shape index (κ2) is 9.00. The highest BCUT2D eigenvalue weighted by molar-refractivity contribution is 5.70. The molecule has 1 aromatic rings. The third-order valence-electron chi connectivity index (χ3n) is 4.85. The Labute approximate surface area is 172 Å². The van der Waals surface area contributed by atoms with Crippen molar-refractivity contribution in [2.75, 3.05) is 45.9 Å². The summed E-state index contributed by atoms with van der Waals surface area (Å²) in [4.78, 5) is 28.7. The first-order valence-corrected chi connectivity index (χ1v) is 10.0. The largest absolute Gasteiger partial charge is 0.445 e. The molecule has 1 spiro atoms. The highest BCUT2D eigenvalue weighted by Crippen LogP contribution is 2.23. The summed E-state index contributed by atoms with van der Waals surface area (Å²) >= 11 is 0. The van der Waals surface area contributed by atoms with Crippen molar-refractivity contribution >= 4 is 12.2 Å². The van der Waals surface area contributed by atoms with Gasteiger partial charge in [-0.1, -0.05) is 30.3 Å². The highest BCUT2D eigenvalue weighted by Gasteiger charge is 2.43. The minimum absolute atomic E-state index is 0.206. The Morgan fingerprint density at radius 3 is 2.34 bits per heavy atom. The minimum atomic E-state index is -0.683. The zero-order valence-electron chi connectivity index (χ0n) is 17.5. The van der Waals surface area contributed by atoms with Crippen molar-refractivity contribution < 1.29 is 23.8 Å². The quantitative estimate of drug-likeness (QED) is 0.813. The fourth-order valence-electron chi connectivity index (χ4n) is 3.50. The van der Waals surface area contributed by atoms with Crippen molar-refractivity contribution in [1.29, 1.82) is 0 Å². The van der Waals surface area contributed by atoms with Crippen LogP contribution < -0.4 is 5.32 Å². The normalized spacial score (nSPS) is 22.9. The van der Waals surface area contributed by atoms with Gasteiger partial charge >= 0.3 is 12.2 Å². The molecule has 2 amide bonds. The summed E-state index contributed by atoms with van der Waals surface area (Å²) in [5, 5.41) is 3.32. The number of rotatable bonds is 2. The third kappa shape index (κ3) is 6.08. The lowest BCUT2D eigenvalue weighted by molar-refractivity contribution is -0.0869. The molecule has 1 N–H and O–H groups in total. The maximum Gasteiger partial charge on any atom is 0.410 e. The van der Waals surface area contributed by atoms with Crippen LogP contribution >= 0.6 is 0 Å². The van der Waals surface area contributed by atoms with E-state index < -0.39 is 23.4 Å². The smallest absolute Gasteiger partial charge is 0.410 e. The van der Waals surface area contributed by atoms with Crippen molar-refractivity contribution in [3.8, 4) is 0 Å². The summed E-state index contributed by atoms with van der Waals surface area (Å²) in [5.74, 6) is 0. The zero-order chi connectivity index (χ0) is 20.9. The van der Waals surface area contributed by atoms with Crippen molar-refractivity contribution in [2.24, 2.45) is 0 Å². The van der Waals surface area contributed by atoms with E-state index in [9.17, 15) is 9.59 Å². The van der Waals surface area contributed by atoms with E-state index in [1.165, 1.54) is 0 Å². The molecule has 8 heteroatoms. The van der Waals surface area contributed by atoms with E-state index in [1.807, 2.05) is 51.1 Å². The van der Waals surface area contributed by atoms with Gasteiger partial charge in [0, 0.05) is 26.2 Å². The molecule has 0 radical (unpaired) electrons. The Morgan fingerprint density at radius 1 is 1.10 bits per heavy atom. The van der Waals surface area contributed by atoms with E-state index in [4.69, 9.17) is 14.2 Å². The first-order chi connectivity index (χ1) is 13.8. The number of hydrogen-bond acceptors (Lipinski definition) is 6. The fraction of sp³-hybridized carbons (Fsp3) is 0.619. The fourth-order valence-corrected chi connectivity index (χ4v) is 3.50. The van der Waals surface area contributed by atoms with Crippen LogP contribution in [0.2, 0.25) is 0 Å². The average molecular weight is 405 g/mol. The van der Waals surface area contributed by atoms with Crippen molar-refractivity contribution in [1.82, 2.24) is 15.1 Å². The van der Waals surface area contributed by atoms with E-state index in [2.05, 4.69) is 5.32 Å². The van der Waals surface area contributed by atoms with Gasteiger partial charge in [0.05, 0.1) is 19.7 Å². The lowest BCUT2D eigenvalue weighted by Crippen LogP contribution is -2.60. The topological polar surface area (TPSA) is 80.3 Å². The summed E-state index contributed by atoms with van der Waals surface area (Å²) in [6, 6.07) is 9.56. The van der Waals surface area contributed by atoms with Crippen molar-refractivity contribution in [3.63, 3.8) is 0 Å². The van der Waals surface area contributed by atoms with Gasteiger partial charge in [-0.2, -0.15) is 0 Å². The molecule has 29 heavy (non-hydrogen) atoms. The van der Waals surface area contributed by atoms with Gasteiger partial charge in [0.25, 0.3) is 0 Å². The van der Waals surface area contributed by atoms with E-state index in [-0.39, 0.29) is 6.61 Å². The Kier molecular flexibility index (Phi) is 6.64. The van der Waals surface area contributed by atoms with Crippen LogP contribution in [0.1, 0.15) is 26.3 Å². The van der Waals surface area contributed by atoms with E-state index >= 15 is 0 Å². The van der Waals surface area contributed by atoms with E-state index in [1.54, 1.807) is 9.80 Å². The molecule has 1 aromatic carbocycles. The Balaban J connectivity index is 1.69. The maximum absolute atomic E-state index is 12.7. The van der Waals surface area contributed by atoms with Gasteiger partial charge in [-0.15, -0.1) is 0 Å². The molecular weight excluding hydrogens is 374 g/mol. The van der Waals surface area contributed by atoms with Crippen LogP contribution in [0.4, 0.5) is 9.59 Å². The van der Waals surface area contributed by atoms with E-state index in [0.717, 1.165) is 12.1 Å². The molecular formula is C21H31N3O5. The lowest BCUT2D eigenvalue weighted by atomic mass is 10.0. The van der Waals surface area contributed by atoms with Gasteiger partial charge in [0.15, 0.2) is 0 Å². The second-order valence-electron chi connectivity index (χ2n) is 8.57. The van der Waals surface area contributed by atoms with Gasteiger partial charge in [0.1, 0.15) is 17.8 Å². The first-order valence-electron chi connectivity index (χ1n) is 10.0. The Bertz CT molecular complexity index is 698. The van der Waals surface area contributed by atoms with Crippen LogP contribution in [-0.2, 0) is 20.8 Å². The van der Waals surface area contributed by atoms with Crippen LogP contribution in [0, 0.1) is 0 Å². The van der Waals surface area contributed by atoms with Crippen LogP contribution in [0.15, 0.2) is 30.3 Å². The van der Waals surface area contributed by atoms with Gasteiger partial charge in [-0.05, 0) is 26.3 Å². The molecule has 2 saturated heterocycles. The monoisotopic (exact) mass is 405 g/mol. The Hall–Kier alpha value is -2.32. The standard InChI is InChI=1S/C21H31N3O5/c1-20(2,3)29-19(26)24-11-10-23(15-21(16-24)14-22-9-12-28-21)18(25)27-13-17-7-5-4-6-8-17/h4-8,22H,9-16H2,1-3H3. The third-order valence-corrected chi connectivity index (χ3v) is 4.85. The molecule has 0 bridgehead atoms. The number of nitrogens with zero attached hydrogens (tertiary/aromatic N) is 2. The number of amides is 2. The molecule has 3 rings (SSSR count). The summed E-state index contributed by atoms with van der Waals surface area (Å²) in [6.45, 7) is 8.97. The number of ether oxygens (including phenoxy) is 3. The zero-order valence-corrected chi connectivity index (χ0v) is 17.5. The first kappa shape index (κ1) is 21.4. The Morgan fingerprint density at radius 2 is 1.76 bits per heavy atom. The second-order valence-corrected chi connectivity index (χ2v) is 8.57. The van der Waals surface area contributed by atoms with Gasteiger partial charge < -0.3 is 29.3 Å². The highest BCUT2D eigenvalue weighted by atomic mass is 16.6. The van der Waals surface area contributed by atoms with Gasteiger partial charge in [-0.3, -0.25) is 0 Å². The predicted octanol–water partition coefficient (Wildman–Crippen LogP) is 2.23. The molecule has 2 aliphatic heterocycles. The molecule has 160 valence electrons. The number of nitrogens with one attached hydrogen (secondary N) is 1. The molecule has 1 atom stereocenters. The maximum atomic E-state index is 12.7. The van der Waals surface area contributed by atoms with Crippen LogP contribution in [0.5, 0.6) is 0 Å². The predicted molar refractivity (Wildman–Crippen MR) is 108 cm³/mol. The lowest BCUT2D eigenvalue weighted by Gasteiger charge is -2.40. The van der Waals surface area contributed by atoms with Crippen LogP contribution in [0.3, 0.4) is 0 Å². The number of carbonyl (C=O) groups excluding carboxylic acids is 2. The summed E-state index contributed by atoms with van der Waals surface area (Å²) in [7, 11) is 0. The number of hydrogen-bond donors (Lipinski definition) is 1. The van der Waals surface area contributed by atoms with E-state index in [0.29, 0.717) is 39.3 Å². The van der Waals surface area contributed by atoms with Crippen LogP contribution in [-0.4, -0.2) is 79.1 Å². The summed E-state index contributed by atoms with van der Waals surface area (Å²) in [6.07, 6.45) is -0.806. The molecule has 8 nitrogen and oxygen atoms in total. The summed E-state index contributed by atoms with van der Waals surface area (Å²) < 4.78 is 17.1. The average Bonchev–Trinajstić information content (AvgIpc) is 2.86. The van der Waals surface area contributed by atoms with Gasteiger partial charge in [0.2, 0.25) is 0 Å². The molecule has 2 fully saturated rings. The molecule has 2 aliphatic rings. The van der Waals surface area contributed by atoms with Gasteiger partial charge in [-0.25, -0.2) is 9.59 Å². The van der Waals surface area contributed by atoms with Crippen molar-refractivity contribution in [2.45, 2.75) is 38.6 Å². The van der Waals surface area contributed by atoms with Crippen LogP contribution in [0.25, 0.3) is 0 Å². The minimum Gasteiger partial charge on any atom is -0.445 e. The number of morpholine rings is 1.